The second-order valence-corrected chi connectivity index (χ2v) is 11.1. The molecule has 2 heterocycles. The molecule has 200 valence electrons. The summed E-state index contributed by atoms with van der Waals surface area (Å²) >= 11 is 7.65. The number of sulfonamides is 1. The molecule has 0 aliphatic carbocycles. The van der Waals surface area contributed by atoms with Gasteiger partial charge in [0.25, 0.3) is 5.91 Å². The fourth-order valence-electron chi connectivity index (χ4n) is 3.75. The number of aliphatic imine (C=N–C) groups is 1. The first-order valence-electron chi connectivity index (χ1n) is 11.3. The number of amides is 1. The van der Waals surface area contributed by atoms with Crippen LogP contribution in [0.4, 0.5) is 4.39 Å². The number of halogens is 2. The van der Waals surface area contributed by atoms with Gasteiger partial charge in [0.1, 0.15) is 17.9 Å². The van der Waals surface area contributed by atoms with E-state index in [1.807, 2.05) is 11.6 Å². The molecule has 10 nitrogen and oxygen atoms in total. The number of thiazole rings is 1. The highest BCUT2D eigenvalue weighted by molar-refractivity contribution is 7.89. The molecule has 0 bridgehead atoms. The Labute approximate surface area is 223 Å². The van der Waals surface area contributed by atoms with E-state index in [4.69, 9.17) is 16.3 Å². The monoisotopic (exact) mass is 571 g/mol. The number of nitrogens with zero attached hydrogens (tertiary/aromatic N) is 3. The van der Waals surface area contributed by atoms with E-state index in [0.29, 0.717) is 17.4 Å². The third-order valence-corrected chi connectivity index (χ3v) is 7.15. The van der Waals surface area contributed by atoms with E-state index < -0.39 is 39.8 Å². The van der Waals surface area contributed by atoms with E-state index in [2.05, 4.69) is 15.3 Å². The molecular formula is C23H27ClFN5O5S2. The minimum Gasteiger partial charge on any atom is -0.465 e. The maximum Gasteiger partial charge on any atom is 0.323 e. The van der Waals surface area contributed by atoms with Crippen molar-refractivity contribution in [2.75, 3.05) is 26.0 Å². The average Bonchev–Trinajstić information content (AvgIpc) is 3.35. The molecule has 1 aliphatic rings. The number of hydrogen-bond donors (Lipinski definition) is 2. The lowest BCUT2D eigenvalue weighted by molar-refractivity contribution is -0.148. The van der Waals surface area contributed by atoms with Gasteiger partial charge >= 0.3 is 5.97 Å². The molecule has 0 fully saturated rings. The van der Waals surface area contributed by atoms with Crippen molar-refractivity contribution in [3.63, 3.8) is 0 Å². The number of carbonyl (C=O) groups excluding carboxylic acids is 2. The summed E-state index contributed by atoms with van der Waals surface area (Å²) in [4.78, 5) is 36.5. The fraction of sp³-hybridized carbons (Fsp3) is 0.391. The van der Waals surface area contributed by atoms with Crippen LogP contribution in [0.1, 0.15) is 37.4 Å². The minimum absolute atomic E-state index is 0.00498. The fourth-order valence-corrected chi connectivity index (χ4v) is 5.05. The number of carbonyl (C=O) groups is 2. The first-order chi connectivity index (χ1) is 17.4. The predicted octanol–water partition coefficient (Wildman–Crippen LogP) is 2.63. The van der Waals surface area contributed by atoms with Gasteiger partial charge in [-0.3, -0.25) is 19.5 Å². The zero-order valence-corrected chi connectivity index (χ0v) is 23.0. The van der Waals surface area contributed by atoms with Crippen LogP contribution in [0.15, 0.2) is 46.0 Å². The maximum atomic E-state index is 13.9. The van der Waals surface area contributed by atoms with E-state index in [0.717, 1.165) is 12.3 Å². The van der Waals surface area contributed by atoms with Gasteiger partial charge in [-0.1, -0.05) is 24.6 Å². The number of likely N-dealkylation sites (N-methyl/N-ethyl adjacent to an activating group) is 1. The Morgan fingerprint density at radius 3 is 2.65 bits per heavy atom. The van der Waals surface area contributed by atoms with Gasteiger partial charge < -0.3 is 10.1 Å². The highest BCUT2D eigenvalue weighted by atomic mass is 35.5. The van der Waals surface area contributed by atoms with Gasteiger partial charge in [0.2, 0.25) is 10.0 Å². The molecule has 0 spiro atoms. The summed E-state index contributed by atoms with van der Waals surface area (Å²) < 4.78 is 45.0. The molecule has 3 rings (SSSR count). The number of esters is 1. The van der Waals surface area contributed by atoms with Crippen molar-refractivity contribution in [3.8, 4) is 0 Å². The molecule has 2 aromatic rings. The van der Waals surface area contributed by atoms with E-state index in [1.165, 1.54) is 23.5 Å². The average molecular weight is 572 g/mol. The van der Waals surface area contributed by atoms with Gasteiger partial charge in [-0.05, 0) is 32.5 Å². The van der Waals surface area contributed by atoms with Crippen molar-refractivity contribution >= 4 is 50.7 Å². The quantitative estimate of drug-likeness (QED) is 0.416. The summed E-state index contributed by atoms with van der Waals surface area (Å²) in [5.74, 6) is -1.66. The molecule has 0 saturated heterocycles. The summed E-state index contributed by atoms with van der Waals surface area (Å²) in [5.41, 5.74) is 0.523. The number of nitrogens with one attached hydrogen (secondary N) is 2. The molecule has 37 heavy (non-hydrogen) atoms. The van der Waals surface area contributed by atoms with Crippen LogP contribution in [-0.4, -0.2) is 68.0 Å². The summed E-state index contributed by atoms with van der Waals surface area (Å²) in [6.45, 7) is 5.84. The lowest BCUT2D eigenvalue weighted by atomic mass is 9.94. The number of aromatic nitrogens is 1. The van der Waals surface area contributed by atoms with Gasteiger partial charge in [-0.25, -0.2) is 22.5 Å². The number of ether oxygens (including phenoxy) is 1. The van der Waals surface area contributed by atoms with Crippen molar-refractivity contribution < 1.29 is 27.1 Å². The second kappa shape index (κ2) is 12.1. The van der Waals surface area contributed by atoms with Crippen LogP contribution in [0.25, 0.3) is 0 Å². The standard InChI is InChI=1S/C23H27ClFN5O5S2/c1-5-30(13(3)23(32)35-6-2)12-17-18(21(31)29-37(4,33)34)19(15-8-7-14(25)11-16(15)24)28-20(27-17)22-26-9-10-36-22/h7-11,13,19H,5-6,12H2,1-4H3,(H,27,28)(H,29,31)/t13-,19?/m0/s1. The number of rotatable bonds is 10. The topological polar surface area (TPSA) is 130 Å². The minimum atomic E-state index is -3.95. The number of hydrogen-bond acceptors (Lipinski definition) is 10. The Morgan fingerprint density at radius 1 is 1.35 bits per heavy atom. The molecule has 1 aromatic heterocycles. The predicted molar refractivity (Wildman–Crippen MR) is 139 cm³/mol. The van der Waals surface area contributed by atoms with E-state index in [-0.39, 0.29) is 35.0 Å². The Hall–Kier alpha value is -2.87. The van der Waals surface area contributed by atoms with Gasteiger partial charge in [-0.2, -0.15) is 0 Å². The van der Waals surface area contributed by atoms with Crippen LogP contribution in [0.5, 0.6) is 0 Å². The highest BCUT2D eigenvalue weighted by Gasteiger charge is 2.35. The molecule has 2 atom stereocenters. The van der Waals surface area contributed by atoms with Crippen LogP contribution in [-0.2, 0) is 24.3 Å². The summed E-state index contributed by atoms with van der Waals surface area (Å²) in [5, 5.41) is 5.36. The zero-order chi connectivity index (χ0) is 27.3. The number of amidine groups is 1. The van der Waals surface area contributed by atoms with Gasteiger partial charge in [-0.15, -0.1) is 11.3 Å². The Kier molecular flexibility index (Phi) is 9.40. The van der Waals surface area contributed by atoms with Crippen LogP contribution in [0.3, 0.4) is 0 Å². The van der Waals surface area contributed by atoms with Crippen molar-refractivity contribution in [3.05, 3.63) is 62.5 Å². The van der Waals surface area contributed by atoms with E-state index >= 15 is 0 Å². The van der Waals surface area contributed by atoms with E-state index in [9.17, 15) is 22.4 Å². The van der Waals surface area contributed by atoms with Crippen molar-refractivity contribution in [2.24, 2.45) is 4.99 Å². The smallest absolute Gasteiger partial charge is 0.323 e. The maximum absolute atomic E-state index is 13.9. The Morgan fingerprint density at radius 2 is 2.08 bits per heavy atom. The Balaban J connectivity index is 2.19. The summed E-state index contributed by atoms with van der Waals surface area (Å²) in [6.07, 6.45) is 2.44. The second-order valence-electron chi connectivity index (χ2n) is 8.10. The zero-order valence-electron chi connectivity index (χ0n) is 20.6. The molecule has 1 aromatic carbocycles. The molecule has 0 saturated carbocycles. The largest absolute Gasteiger partial charge is 0.465 e. The molecule has 1 unspecified atom stereocenters. The van der Waals surface area contributed by atoms with E-state index in [1.54, 1.807) is 30.3 Å². The van der Waals surface area contributed by atoms with Crippen LogP contribution in [0.2, 0.25) is 5.02 Å². The molecular weight excluding hydrogens is 545 g/mol. The molecule has 1 amide bonds. The molecule has 1 aliphatic heterocycles. The van der Waals surface area contributed by atoms with Crippen LogP contribution >= 0.6 is 22.9 Å². The molecule has 14 heteroatoms. The Bertz CT molecular complexity index is 1330. The first-order valence-corrected chi connectivity index (χ1v) is 14.5. The normalized spacial score (nSPS) is 16.7. The van der Waals surface area contributed by atoms with Gasteiger partial charge in [0.15, 0.2) is 10.8 Å². The molecule has 0 radical (unpaired) electrons. The highest BCUT2D eigenvalue weighted by Crippen LogP contribution is 2.36. The van der Waals surface area contributed by atoms with Crippen LogP contribution in [0, 0.1) is 5.82 Å². The summed E-state index contributed by atoms with van der Waals surface area (Å²) in [7, 11) is -3.95. The SMILES string of the molecule is CCOC(=O)[C@H](C)N(CC)CC1=C(C(=O)NS(C)(=O)=O)C(c2ccc(F)cc2Cl)N=C(c2nccs2)N1. The number of benzene rings is 1. The first kappa shape index (κ1) is 28.7. The van der Waals surface area contributed by atoms with Crippen molar-refractivity contribution in [1.82, 2.24) is 19.9 Å². The molecule has 2 N–H and O–H groups in total. The lowest BCUT2D eigenvalue weighted by Crippen LogP contribution is -2.46. The van der Waals surface area contributed by atoms with Gasteiger partial charge in [0.05, 0.1) is 18.4 Å². The third-order valence-electron chi connectivity index (χ3n) is 5.48. The van der Waals surface area contributed by atoms with Crippen molar-refractivity contribution in [2.45, 2.75) is 32.9 Å². The van der Waals surface area contributed by atoms with Gasteiger partial charge in [0, 0.05) is 34.4 Å². The van der Waals surface area contributed by atoms with Crippen molar-refractivity contribution in [1.29, 1.82) is 0 Å². The lowest BCUT2D eigenvalue weighted by Gasteiger charge is -2.32. The summed E-state index contributed by atoms with van der Waals surface area (Å²) in [6, 6.07) is 1.88. The third kappa shape index (κ3) is 7.12. The van der Waals surface area contributed by atoms with Crippen LogP contribution < -0.4 is 10.0 Å².